The molecule has 0 saturated heterocycles. The Bertz CT molecular complexity index is 1280. The molecule has 0 radical (unpaired) electrons. The summed E-state index contributed by atoms with van der Waals surface area (Å²) in [7, 11) is 0. The number of aryl methyl sites for hydroxylation is 1. The van der Waals surface area contributed by atoms with Gasteiger partial charge in [0.1, 0.15) is 24.2 Å². The fourth-order valence-corrected chi connectivity index (χ4v) is 3.75. The van der Waals surface area contributed by atoms with Gasteiger partial charge in [-0.2, -0.15) is 5.10 Å². The third-order valence-electron chi connectivity index (χ3n) is 5.32. The number of alkyl halides is 2. The molecular formula is C24H24ClF3N4O4. The first-order valence-electron chi connectivity index (χ1n) is 10.7. The van der Waals surface area contributed by atoms with E-state index in [-0.39, 0.29) is 24.9 Å². The van der Waals surface area contributed by atoms with Crippen LogP contribution >= 0.6 is 12.4 Å². The fourth-order valence-electron chi connectivity index (χ4n) is 3.75. The first kappa shape index (κ1) is 27.0. The third kappa shape index (κ3) is 5.80. The summed E-state index contributed by atoms with van der Waals surface area (Å²) in [4.78, 5) is 23.3. The molecule has 0 spiro atoms. The molecule has 192 valence electrons. The van der Waals surface area contributed by atoms with Crippen molar-refractivity contribution in [2.45, 2.75) is 32.4 Å². The molecular weight excluding hydrogens is 501 g/mol. The Hall–Kier alpha value is -3.57. The number of rotatable bonds is 7. The van der Waals surface area contributed by atoms with Crippen LogP contribution in [0.25, 0.3) is 22.4 Å². The Morgan fingerprint density at radius 2 is 1.92 bits per heavy atom. The Morgan fingerprint density at radius 1 is 1.25 bits per heavy atom. The average Bonchev–Trinajstić information content (AvgIpc) is 3.12. The summed E-state index contributed by atoms with van der Waals surface area (Å²) in [5.74, 6) is -4.74. The van der Waals surface area contributed by atoms with Crippen molar-refractivity contribution < 1.29 is 32.2 Å². The Balaban J connectivity index is 0.00000361. The van der Waals surface area contributed by atoms with Crippen molar-refractivity contribution in [2.24, 2.45) is 5.73 Å². The van der Waals surface area contributed by atoms with Crippen LogP contribution in [0.15, 0.2) is 42.5 Å². The summed E-state index contributed by atoms with van der Waals surface area (Å²) in [6.45, 7) is 0.806. The molecule has 0 saturated carbocycles. The molecule has 3 N–H and O–H groups in total. The SMILES string of the molecule is Cc1nn(CC(F)(F)COC(=O)[C@H](C)N)c(-c2ccc(F)cc2)c1-c1ccc2c(c1)NC(=O)CO2.Cl. The van der Waals surface area contributed by atoms with Crippen LogP contribution in [0.1, 0.15) is 12.6 Å². The summed E-state index contributed by atoms with van der Waals surface area (Å²) in [6.07, 6.45) is 0. The van der Waals surface area contributed by atoms with Gasteiger partial charge in [-0.3, -0.25) is 14.3 Å². The van der Waals surface area contributed by atoms with Crippen molar-refractivity contribution in [3.63, 3.8) is 0 Å². The molecule has 1 atom stereocenters. The monoisotopic (exact) mass is 524 g/mol. The minimum atomic E-state index is -3.47. The third-order valence-corrected chi connectivity index (χ3v) is 5.32. The van der Waals surface area contributed by atoms with Crippen LogP contribution in [0.2, 0.25) is 0 Å². The quantitative estimate of drug-likeness (QED) is 0.453. The molecule has 2 heterocycles. The van der Waals surface area contributed by atoms with Gasteiger partial charge in [-0.1, -0.05) is 6.07 Å². The summed E-state index contributed by atoms with van der Waals surface area (Å²) >= 11 is 0. The second-order valence-electron chi connectivity index (χ2n) is 8.27. The van der Waals surface area contributed by atoms with Gasteiger partial charge in [-0.15, -0.1) is 12.4 Å². The number of esters is 1. The second-order valence-corrected chi connectivity index (χ2v) is 8.27. The number of nitrogens with zero attached hydrogens (tertiary/aromatic N) is 2. The number of halogens is 4. The number of anilines is 1. The maximum absolute atomic E-state index is 14.8. The highest BCUT2D eigenvalue weighted by Crippen LogP contribution is 2.40. The predicted molar refractivity (Wildman–Crippen MR) is 129 cm³/mol. The molecule has 1 aliphatic heterocycles. The fraction of sp³-hybridized carbons (Fsp3) is 0.292. The van der Waals surface area contributed by atoms with Gasteiger partial charge in [0.05, 0.1) is 17.1 Å². The number of amides is 1. The predicted octanol–water partition coefficient (Wildman–Crippen LogP) is 3.94. The van der Waals surface area contributed by atoms with Crippen LogP contribution in [0.4, 0.5) is 18.9 Å². The number of aromatic nitrogens is 2. The molecule has 0 fully saturated rings. The van der Waals surface area contributed by atoms with Crippen LogP contribution in [0.5, 0.6) is 5.75 Å². The van der Waals surface area contributed by atoms with Crippen molar-refractivity contribution in [3.05, 3.63) is 54.0 Å². The Morgan fingerprint density at radius 3 is 2.58 bits per heavy atom. The normalized spacial score (nSPS) is 13.7. The molecule has 0 unspecified atom stereocenters. The number of fused-ring (bicyclic) bond motifs is 1. The summed E-state index contributed by atoms with van der Waals surface area (Å²) in [5.41, 5.74) is 8.09. The molecule has 3 aromatic rings. The first-order chi connectivity index (χ1) is 16.5. The molecule has 1 amide bonds. The van der Waals surface area contributed by atoms with E-state index in [0.717, 1.165) is 4.68 Å². The molecule has 0 bridgehead atoms. The number of carbonyl (C=O) groups excluding carboxylic acids is 2. The van der Waals surface area contributed by atoms with Crippen LogP contribution in [-0.4, -0.2) is 46.8 Å². The van der Waals surface area contributed by atoms with Gasteiger partial charge in [0.25, 0.3) is 5.91 Å². The van der Waals surface area contributed by atoms with Crippen molar-refractivity contribution in [1.29, 1.82) is 0 Å². The second kappa shape index (κ2) is 10.6. The van der Waals surface area contributed by atoms with Crippen molar-refractivity contribution >= 4 is 30.0 Å². The van der Waals surface area contributed by atoms with Crippen molar-refractivity contribution in [2.75, 3.05) is 18.5 Å². The van der Waals surface area contributed by atoms with Crippen molar-refractivity contribution in [1.82, 2.24) is 9.78 Å². The lowest BCUT2D eigenvalue weighted by molar-refractivity contribution is -0.157. The number of nitrogens with two attached hydrogens (primary N) is 1. The van der Waals surface area contributed by atoms with Crippen LogP contribution in [0, 0.1) is 12.7 Å². The first-order valence-corrected chi connectivity index (χ1v) is 10.7. The lowest BCUT2D eigenvalue weighted by atomic mass is 9.98. The van der Waals surface area contributed by atoms with Gasteiger partial charge in [-0.05, 0) is 55.8 Å². The van der Waals surface area contributed by atoms with Gasteiger partial charge in [0.2, 0.25) is 0 Å². The van der Waals surface area contributed by atoms with E-state index < -0.39 is 36.9 Å². The topological polar surface area (TPSA) is 108 Å². The van der Waals surface area contributed by atoms with Gasteiger partial charge in [0.15, 0.2) is 13.2 Å². The number of ether oxygens (including phenoxy) is 2. The molecule has 8 nitrogen and oxygen atoms in total. The van der Waals surface area contributed by atoms with Gasteiger partial charge >= 0.3 is 11.9 Å². The summed E-state index contributed by atoms with van der Waals surface area (Å²) in [6, 6.07) is 9.37. The zero-order chi connectivity index (χ0) is 25.3. The minimum Gasteiger partial charge on any atom is -0.482 e. The van der Waals surface area contributed by atoms with E-state index in [1.807, 2.05) is 0 Å². The van der Waals surface area contributed by atoms with Crippen molar-refractivity contribution in [3.8, 4) is 28.1 Å². The number of benzene rings is 2. The molecule has 1 aromatic heterocycles. The zero-order valence-electron chi connectivity index (χ0n) is 19.4. The highest BCUT2D eigenvalue weighted by Gasteiger charge is 2.35. The Kier molecular flexibility index (Phi) is 7.95. The number of carbonyl (C=O) groups is 2. The van der Waals surface area contributed by atoms with Crippen LogP contribution in [-0.2, 0) is 20.9 Å². The standard InChI is InChI=1S/C24H23F3N4O4.ClH/c1-13(28)23(33)35-12-24(26,27)11-31-22(15-3-6-17(25)7-4-15)21(14(2)30-31)16-5-8-19-18(9-16)29-20(32)10-34-19;/h3-9,13H,10-12,28H2,1-2H3,(H,29,32);1H/t13-;/m0./s1. The highest BCUT2D eigenvalue weighted by atomic mass is 35.5. The Labute approximate surface area is 211 Å². The van der Waals surface area contributed by atoms with E-state index in [9.17, 15) is 22.8 Å². The number of nitrogens with one attached hydrogen (secondary N) is 1. The smallest absolute Gasteiger partial charge is 0.322 e. The van der Waals surface area contributed by atoms with E-state index in [4.69, 9.17) is 10.5 Å². The van der Waals surface area contributed by atoms with E-state index in [2.05, 4.69) is 15.2 Å². The van der Waals surface area contributed by atoms with Gasteiger partial charge in [-0.25, -0.2) is 13.2 Å². The molecule has 36 heavy (non-hydrogen) atoms. The number of hydrogen-bond acceptors (Lipinski definition) is 6. The molecule has 12 heteroatoms. The maximum atomic E-state index is 14.8. The highest BCUT2D eigenvalue weighted by molar-refractivity contribution is 5.97. The van der Waals surface area contributed by atoms with Crippen LogP contribution in [0.3, 0.4) is 0 Å². The summed E-state index contributed by atoms with van der Waals surface area (Å²) < 4.78 is 54.4. The minimum absolute atomic E-state index is 0. The van der Waals surface area contributed by atoms with Gasteiger partial charge < -0.3 is 20.5 Å². The van der Waals surface area contributed by atoms with E-state index in [1.54, 1.807) is 25.1 Å². The van der Waals surface area contributed by atoms with E-state index in [0.29, 0.717) is 39.5 Å². The molecule has 4 rings (SSSR count). The number of hydrogen-bond donors (Lipinski definition) is 2. The van der Waals surface area contributed by atoms with Crippen LogP contribution < -0.4 is 15.8 Å². The summed E-state index contributed by atoms with van der Waals surface area (Å²) in [5, 5.41) is 7.04. The largest absolute Gasteiger partial charge is 0.482 e. The molecule has 2 aromatic carbocycles. The lowest BCUT2D eigenvalue weighted by Gasteiger charge is -2.20. The maximum Gasteiger partial charge on any atom is 0.322 e. The lowest BCUT2D eigenvalue weighted by Crippen LogP contribution is -2.36. The van der Waals surface area contributed by atoms with E-state index in [1.165, 1.54) is 31.2 Å². The average molecular weight is 525 g/mol. The molecule has 0 aliphatic carbocycles. The molecule has 1 aliphatic rings. The zero-order valence-corrected chi connectivity index (χ0v) is 20.2. The van der Waals surface area contributed by atoms with E-state index >= 15 is 0 Å². The van der Waals surface area contributed by atoms with Gasteiger partial charge in [0, 0.05) is 11.1 Å².